The maximum Gasteiger partial charge on any atom is 0.164 e. The van der Waals surface area contributed by atoms with Gasteiger partial charge in [-0.05, 0) is 29.8 Å². The lowest BCUT2D eigenvalue weighted by Gasteiger charge is -2.26. The van der Waals surface area contributed by atoms with Gasteiger partial charge in [0, 0.05) is 10.8 Å². The lowest BCUT2D eigenvalue weighted by atomic mass is 10.1. The highest BCUT2D eigenvalue weighted by Gasteiger charge is 2.47. The Morgan fingerprint density at radius 2 is 2.00 bits per heavy atom. The quantitative estimate of drug-likeness (QED) is 0.773. The average molecular weight is 411 g/mol. The fraction of sp³-hybridized carbons (Fsp3) is 0.278. The molecular formula is C18H16ClFN2O2S2. The second kappa shape index (κ2) is 6.87. The summed E-state index contributed by atoms with van der Waals surface area (Å²) in [6, 6.07) is 13.2. The third-order valence-electron chi connectivity index (χ3n) is 4.48. The van der Waals surface area contributed by atoms with Gasteiger partial charge in [0.1, 0.15) is 5.82 Å². The minimum atomic E-state index is -3.15. The van der Waals surface area contributed by atoms with Crippen molar-refractivity contribution >= 4 is 44.1 Å². The number of amidine groups is 1. The van der Waals surface area contributed by atoms with Crippen LogP contribution in [-0.2, 0) is 15.6 Å². The van der Waals surface area contributed by atoms with E-state index in [1.54, 1.807) is 23.1 Å². The summed E-state index contributed by atoms with van der Waals surface area (Å²) in [5, 5.41) is 1.31. The van der Waals surface area contributed by atoms with Crippen molar-refractivity contribution in [2.45, 2.75) is 17.8 Å². The van der Waals surface area contributed by atoms with Gasteiger partial charge >= 0.3 is 0 Å². The number of anilines is 1. The molecule has 0 amide bonds. The molecule has 0 N–H and O–H groups in total. The van der Waals surface area contributed by atoms with Crippen molar-refractivity contribution in [1.29, 1.82) is 0 Å². The number of thioether (sulfide) groups is 1. The fourth-order valence-electron chi connectivity index (χ4n) is 3.34. The first-order valence-corrected chi connectivity index (χ1v) is 11.3. The van der Waals surface area contributed by atoms with Crippen LogP contribution in [0.4, 0.5) is 10.1 Å². The topological polar surface area (TPSA) is 49.7 Å². The van der Waals surface area contributed by atoms with Crippen LogP contribution in [0.5, 0.6) is 0 Å². The van der Waals surface area contributed by atoms with Gasteiger partial charge in [0.2, 0.25) is 0 Å². The van der Waals surface area contributed by atoms with Crippen LogP contribution in [0.15, 0.2) is 53.5 Å². The van der Waals surface area contributed by atoms with E-state index < -0.39 is 9.84 Å². The number of rotatable bonds is 3. The molecule has 0 spiro atoms. The Hall–Kier alpha value is -1.57. The van der Waals surface area contributed by atoms with Gasteiger partial charge in [0.15, 0.2) is 15.0 Å². The number of nitrogens with zero attached hydrogens (tertiary/aromatic N) is 2. The highest BCUT2D eigenvalue weighted by atomic mass is 35.5. The smallest absolute Gasteiger partial charge is 0.164 e. The van der Waals surface area contributed by atoms with Gasteiger partial charge in [-0.15, -0.1) is 0 Å². The molecule has 2 aliphatic heterocycles. The predicted molar refractivity (Wildman–Crippen MR) is 105 cm³/mol. The first-order valence-electron chi connectivity index (χ1n) is 8.12. The molecule has 26 heavy (non-hydrogen) atoms. The van der Waals surface area contributed by atoms with E-state index in [4.69, 9.17) is 11.6 Å². The van der Waals surface area contributed by atoms with E-state index in [2.05, 4.69) is 4.99 Å². The van der Waals surface area contributed by atoms with E-state index in [0.29, 0.717) is 21.6 Å². The molecule has 4 rings (SSSR count). The molecule has 8 heteroatoms. The van der Waals surface area contributed by atoms with Gasteiger partial charge in [0.25, 0.3) is 0 Å². The van der Waals surface area contributed by atoms with Gasteiger partial charge in [-0.3, -0.25) is 4.99 Å². The zero-order chi connectivity index (χ0) is 18.3. The third kappa shape index (κ3) is 3.48. The Balaban J connectivity index is 1.64. The molecule has 2 atom stereocenters. The molecule has 0 unspecified atom stereocenters. The lowest BCUT2D eigenvalue weighted by molar-refractivity contribution is 0.600. The molecule has 0 aromatic heterocycles. The van der Waals surface area contributed by atoms with Crippen molar-refractivity contribution in [3.05, 3.63) is 64.9 Å². The molecule has 0 radical (unpaired) electrons. The van der Waals surface area contributed by atoms with Crippen molar-refractivity contribution in [2.24, 2.45) is 4.99 Å². The number of hydrogen-bond donors (Lipinski definition) is 0. The molecule has 136 valence electrons. The summed E-state index contributed by atoms with van der Waals surface area (Å²) in [7, 11) is -3.15. The Kier molecular flexibility index (Phi) is 4.71. The summed E-state index contributed by atoms with van der Waals surface area (Å²) < 4.78 is 38.4. The van der Waals surface area contributed by atoms with Crippen molar-refractivity contribution < 1.29 is 12.8 Å². The fourth-order valence-corrected chi connectivity index (χ4v) is 6.45. The summed E-state index contributed by atoms with van der Waals surface area (Å²) >= 11 is 7.50. The number of sulfone groups is 1. The average Bonchev–Trinajstić information content (AvgIpc) is 3.05. The molecule has 2 aromatic rings. The van der Waals surface area contributed by atoms with Crippen LogP contribution in [0.2, 0.25) is 5.02 Å². The van der Waals surface area contributed by atoms with E-state index in [1.165, 1.54) is 17.8 Å². The second-order valence-electron chi connectivity index (χ2n) is 6.36. The summed E-state index contributed by atoms with van der Waals surface area (Å²) in [6.07, 6.45) is 0. The Morgan fingerprint density at radius 1 is 1.19 bits per heavy atom. The molecular weight excluding hydrogens is 395 g/mol. The molecule has 4 nitrogen and oxygen atoms in total. The summed E-state index contributed by atoms with van der Waals surface area (Å²) in [5.41, 5.74) is 1.40. The first kappa shape index (κ1) is 17.8. The van der Waals surface area contributed by atoms with Crippen molar-refractivity contribution in [1.82, 2.24) is 0 Å². The maximum absolute atomic E-state index is 14.4. The minimum Gasteiger partial charge on any atom is -0.312 e. The van der Waals surface area contributed by atoms with E-state index in [9.17, 15) is 12.8 Å². The largest absolute Gasteiger partial charge is 0.312 e. The van der Waals surface area contributed by atoms with Crippen molar-refractivity contribution in [2.75, 3.05) is 16.4 Å². The Bertz CT molecular complexity index is 981. The molecule has 0 aliphatic carbocycles. The zero-order valence-corrected chi connectivity index (χ0v) is 16.1. The number of benzene rings is 2. The number of aliphatic imine (C=N–C) groups is 1. The maximum atomic E-state index is 14.4. The molecule has 0 saturated carbocycles. The second-order valence-corrected chi connectivity index (χ2v) is 9.90. The number of para-hydroxylation sites is 1. The standard InChI is InChI=1S/C18H16ClFN2O2S2/c19-13-5-3-4-12(8-13)9-25-18-21-15-10-26(23,24)11-17(15)22(18)16-7-2-1-6-14(16)20/h1-8,15,17H,9-11H2/t15-,17+/m1/s1. The van der Waals surface area contributed by atoms with Crippen molar-refractivity contribution in [3.63, 3.8) is 0 Å². The van der Waals surface area contributed by atoms with E-state index in [-0.39, 0.29) is 29.4 Å². The highest BCUT2D eigenvalue weighted by Crippen LogP contribution is 2.37. The SMILES string of the molecule is O=S1(=O)C[C@H]2N=C(SCc3cccc(Cl)c3)N(c3ccccc3F)[C@H]2C1. The summed E-state index contributed by atoms with van der Waals surface area (Å²) in [6.45, 7) is 0. The number of fused-ring (bicyclic) bond motifs is 1. The van der Waals surface area contributed by atoms with Crippen LogP contribution in [0.3, 0.4) is 0 Å². The van der Waals surface area contributed by atoms with E-state index in [0.717, 1.165) is 5.56 Å². The molecule has 2 aliphatic rings. The van der Waals surface area contributed by atoms with Gasteiger partial charge in [-0.25, -0.2) is 12.8 Å². The Labute approximate surface area is 161 Å². The monoisotopic (exact) mass is 410 g/mol. The van der Waals surface area contributed by atoms with Crippen molar-refractivity contribution in [3.8, 4) is 0 Å². The summed E-state index contributed by atoms with van der Waals surface area (Å²) in [4.78, 5) is 6.36. The molecule has 2 aromatic carbocycles. The van der Waals surface area contributed by atoms with Gasteiger partial charge < -0.3 is 4.90 Å². The first-order chi connectivity index (χ1) is 12.4. The van der Waals surface area contributed by atoms with Crippen LogP contribution < -0.4 is 4.90 Å². The summed E-state index contributed by atoms with van der Waals surface area (Å²) in [5.74, 6) is 0.255. The molecule has 2 heterocycles. The number of halogens is 2. The third-order valence-corrected chi connectivity index (χ3v) is 7.45. The van der Waals surface area contributed by atoms with Crippen LogP contribution in [0, 0.1) is 5.82 Å². The highest BCUT2D eigenvalue weighted by molar-refractivity contribution is 8.13. The lowest BCUT2D eigenvalue weighted by Crippen LogP contribution is -2.39. The van der Waals surface area contributed by atoms with E-state index in [1.807, 2.05) is 24.3 Å². The van der Waals surface area contributed by atoms with E-state index >= 15 is 0 Å². The predicted octanol–water partition coefficient (Wildman–Crippen LogP) is 3.75. The zero-order valence-electron chi connectivity index (χ0n) is 13.7. The van der Waals surface area contributed by atoms with Gasteiger partial charge in [-0.2, -0.15) is 0 Å². The van der Waals surface area contributed by atoms with Crippen LogP contribution in [0.1, 0.15) is 5.56 Å². The Morgan fingerprint density at radius 3 is 2.77 bits per heavy atom. The molecule has 0 bridgehead atoms. The van der Waals surface area contributed by atoms with Crippen LogP contribution >= 0.6 is 23.4 Å². The molecule has 1 fully saturated rings. The van der Waals surface area contributed by atoms with Gasteiger partial charge in [0.05, 0.1) is 29.3 Å². The normalized spacial score (nSPS) is 23.8. The van der Waals surface area contributed by atoms with Gasteiger partial charge in [-0.1, -0.05) is 47.6 Å². The number of hydrogen-bond acceptors (Lipinski definition) is 5. The minimum absolute atomic E-state index is 0.00325. The van der Waals surface area contributed by atoms with Crippen LogP contribution in [0.25, 0.3) is 0 Å². The van der Waals surface area contributed by atoms with Crippen LogP contribution in [-0.4, -0.2) is 37.2 Å². The molecule has 1 saturated heterocycles.